The summed E-state index contributed by atoms with van der Waals surface area (Å²) < 4.78 is 44.7. The second kappa shape index (κ2) is 6.81. The van der Waals surface area contributed by atoms with Crippen LogP contribution in [0.3, 0.4) is 0 Å². The van der Waals surface area contributed by atoms with Crippen molar-refractivity contribution in [2.45, 2.75) is 12.6 Å². The predicted octanol–water partition coefficient (Wildman–Crippen LogP) is 5.14. The lowest BCUT2D eigenvalue weighted by atomic mass is 10.00. The lowest BCUT2D eigenvalue weighted by Gasteiger charge is -2.15. The average Bonchev–Trinajstić information content (AvgIpc) is 2.56. The molecule has 1 heterocycles. The van der Waals surface area contributed by atoms with Crippen LogP contribution in [0.1, 0.15) is 16.8 Å². The normalized spacial score (nSPS) is 11.8. The Bertz CT molecular complexity index is 993. The Morgan fingerprint density at radius 3 is 2.46 bits per heavy atom. The van der Waals surface area contributed by atoms with Gasteiger partial charge in [0.15, 0.2) is 5.15 Å². The standard InChI is InChI=1S/C17H12Cl2F3N3O/c1-26-13-5-2-8(6-11(13)18)7-12-14-9(16(19)25-24-12)3-4-10(15(14)23)17(20,21)22/h2-6H,7,23H2,1H3. The summed E-state index contributed by atoms with van der Waals surface area (Å²) in [7, 11) is 1.48. The third-order valence-corrected chi connectivity index (χ3v) is 4.48. The molecule has 3 rings (SSSR count). The van der Waals surface area contributed by atoms with E-state index in [1.165, 1.54) is 13.2 Å². The molecule has 3 aromatic rings. The molecule has 0 aliphatic heterocycles. The summed E-state index contributed by atoms with van der Waals surface area (Å²) in [5.41, 5.74) is 5.43. The molecular weight excluding hydrogens is 390 g/mol. The summed E-state index contributed by atoms with van der Waals surface area (Å²) in [5.74, 6) is 0.487. The van der Waals surface area contributed by atoms with Crippen LogP contribution >= 0.6 is 23.2 Å². The molecule has 2 N–H and O–H groups in total. The van der Waals surface area contributed by atoms with Crippen molar-refractivity contribution in [3.63, 3.8) is 0 Å². The number of nitrogens with two attached hydrogens (primary N) is 1. The maximum absolute atomic E-state index is 13.2. The van der Waals surface area contributed by atoms with E-state index in [2.05, 4.69) is 10.2 Å². The molecule has 0 bridgehead atoms. The van der Waals surface area contributed by atoms with E-state index in [0.29, 0.717) is 21.7 Å². The van der Waals surface area contributed by atoms with Crippen molar-refractivity contribution in [3.8, 4) is 5.75 Å². The average molecular weight is 402 g/mol. The SMILES string of the molecule is COc1ccc(Cc2nnc(Cl)c3ccc(C(F)(F)F)c(N)c23)cc1Cl. The van der Waals surface area contributed by atoms with Crippen LogP contribution in [0.4, 0.5) is 18.9 Å². The van der Waals surface area contributed by atoms with Gasteiger partial charge in [-0.2, -0.15) is 18.3 Å². The van der Waals surface area contributed by atoms with Crippen molar-refractivity contribution in [3.05, 3.63) is 57.3 Å². The fourth-order valence-electron chi connectivity index (χ4n) is 2.69. The first kappa shape index (κ1) is 18.5. The number of anilines is 1. The van der Waals surface area contributed by atoms with Crippen LogP contribution in [0.15, 0.2) is 30.3 Å². The molecule has 0 atom stereocenters. The zero-order valence-electron chi connectivity index (χ0n) is 13.4. The van der Waals surface area contributed by atoms with Crippen LogP contribution in [0.2, 0.25) is 10.2 Å². The Morgan fingerprint density at radius 1 is 1.12 bits per heavy atom. The fraction of sp³-hybridized carbons (Fsp3) is 0.176. The summed E-state index contributed by atoms with van der Waals surface area (Å²) in [4.78, 5) is 0. The number of methoxy groups -OCH3 is 1. The maximum atomic E-state index is 13.2. The highest BCUT2D eigenvalue weighted by Gasteiger charge is 2.34. The van der Waals surface area contributed by atoms with E-state index in [1.807, 2.05) is 0 Å². The van der Waals surface area contributed by atoms with E-state index in [9.17, 15) is 13.2 Å². The quantitative estimate of drug-likeness (QED) is 0.617. The number of ether oxygens (including phenoxy) is 1. The van der Waals surface area contributed by atoms with Gasteiger partial charge >= 0.3 is 6.18 Å². The molecular formula is C17H12Cl2F3N3O. The van der Waals surface area contributed by atoms with Crippen LogP contribution in [0.25, 0.3) is 10.8 Å². The van der Waals surface area contributed by atoms with Crippen molar-refractivity contribution in [2.75, 3.05) is 12.8 Å². The van der Waals surface area contributed by atoms with E-state index in [0.717, 1.165) is 6.07 Å². The maximum Gasteiger partial charge on any atom is 0.418 e. The van der Waals surface area contributed by atoms with Gasteiger partial charge in [0.25, 0.3) is 0 Å². The Kier molecular flexibility index (Phi) is 4.86. The zero-order chi connectivity index (χ0) is 19.1. The molecule has 4 nitrogen and oxygen atoms in total. The molecule has 0 fully saturated rings. The van der Waals surface area contributed by atoms with Crippen molar-refractivity contribution in [1.82, 2.24) is 10.2 Å². The Morgan fingerprint density at radius 2 is 1.85 bits per heavy atom. The first-order chi connectivity index (χ1) is 12.2. The van der Waals surface area contributed by atoms with Gasteiger partial charge in [0.05, 0.1) is 29.1 Å². The third-order valence-electron chi connectivity index (χ3n) is 3.91. The number of benzene rings is 2. The lowest BCUT2D eigenvalue weighted by molar-refractivity contribution is -0.136. The van der Waals surface area contributed by atoms with Gasteiger partial charge < -0.3 is 10.5 Å². The third kappa shape index (κ3) is 3.37. The first-order valence-electron chi connectivity index (χ1n) is 7.35. The molecule has 0 unspecified atom stereocenters. The summed E-state index contributed by atoms with van der Waals surface area (Å²) in [6.45, 7) is 0. The van der Waals surface area contributed by atoms with Gasteiger partial charge in [-0.1, -0.05) is 35.3 Å². The van der Waals surface area contributed by atoms with Gasteiger partial charge in [-0.3, -0.25) is 0 Å². The summed E-state index contributed by atoms with van der Waals surface area (Å²) in [6, 6.07) is 7.17. The number of nitrogens with zero attached hydrogens (tertiary/aromatic N) is 2. The van der Waals surface area contributed by atoms with E-state index in [1.54, 1.807) is 18.2 Å². The van der Waals surface area contributed by atoms with Crippen molar-refractivity contribution >= 4 is 39.7 Å². The number of hydrogen-bond acceptors (Lipinski definition) is 4. The highest BCUT2D eigenvalue weighted by atomic mass is 35.5. The molecule has 0 amide bonds. The first-order valence-corrected chi connectivity index (χ1v) is 8.10. The van der Waals surface area contributed by atoms with Crippen molar-refractivity contribution < 1.29 is 17.9 Å². The minimum Gasteiger partial charge on any atom is -0.495 e. The number of hydrogen-bond donors (Lipinski definition) is 1. The molecule has 0 spiro atoms. The smallest absolute Gasteiger partial charge is 0.418 e. The molecule has 26 heavy (non-hydrogen) atoms. The topological polar surface area (TPSA) is 61.0 Å². The van der Waals surface area contributed by atoms with E-state index in [4.69, 9.17) is 33.7 Å². The molecule has 9 heteroatoms. The van der Waals surface area contributed by atoms with Crippen LogP contribution in [-0.4, -0.2) is 17.3 Å². The number of nitrogen functional groups attached to an aromatic ring is 1. The monoisotopic (exact) mass is 401 g/mol. The molecule has 0 radical (unpaired) electrons. The molecule has 1 aromatic heterocycles. The summed E-state index contributed by atoms with van der Waals surface area (Å²) in [6.07, 6.45) is -4.41. The molecule has 0 aliphatic rings. The van der Waals surface area contributed by atoms with Gasteiger partial charge in [-0.15, -0.1) is 5.10 Å². The highest BCUT2D eigenvalue weighted by molar-refractivity contribution is 6.34. The predicted molar refractivity (Wildman–Crippen MR) is 94.8 cm³/mol. The second-order valence-corrected chi connectivity index (χ2v) is 6.30. The van der Waals surface area contributed by atoms with E-state index in [-0.39, 0.29) is 22.7 Å². The largest absolute Gasteiger partial charge is 0.495 e. The number of rotatable bonds is 3. The molecule has 0 aliphatic carbocycles. The summed E-state index contributed by atoms with van der Waals surface area (Å²) >= 11 is 12.1. The molecule has 2 aromatic carbocycles. The van der Waals surface area contributed by atoms with Crippen LogP contribution in [0, 0.1) is 0 Å². The molecule has 0 saturated carbocycles. The second-order valence-electron chi connectivity index (χ2n) is 5.53. The number of aromatic nitrogens is 2. The zero-order valence-corrected chi connectivity index (χ0v) is 14.9. The minimum atomic E-state index is -4.59. The fourth-order valence-corrected chi connectivity index (χ4v) is 3.17. The van der Waals surface area contributed by atoms with Gasteiger partial charge in [-0.05, 0) is 23.8 Å². The molecule has 136 valence electrons. The molecule has 0 saturated heterocycles. The Hall–Kier alpha value is -2.25. The Balaban J connectivity index is 2.17. The number of alkyl halides is 3. The van der Waals surface area contributed by atoms with Crippen molar-refractivity contribution in [1.29, 1.82) is 0 Å². The van der Waals surface area contributed by atoms with Crippen LogP contribution in [0.5, 0.6) is 5.75 Å². The van der Waals surface area contributed by atoms with Gasteiger partial charge in [-0.25, -0.2) is 0 Å². The number of halogens is 5. The van der Waals surface area contributed by atoms with E-state index < -0.39 is 17.4 Å². The Labute approximate surface area is 156 Å². The van der Waals surface area contributed by atoms with Crippen LogP contribution in [-0.2, 0) is 12.6 Å². The van der Waals surface area contributed by atoms with Gasteiger partial charge in [0.2, 0.25) is 0 Å². The van der Waals surface area contributed by atoms with Crippen LogP contribution < -0.4 is 10.5 Å². The number of fused-ring (bicyclic) bond motifs is 1. The lowest BCUT2D eigenvalue weighted by Crippen LogP contribution is -2.10. The van der Waals surface area contributed by atoms with Gasteiger partial charge in [0, 0.05) is 17.2 Å². The van der Waals surface area contributed by atoms with E-state index >= 15 is 0 Å². The highest BCUT2D eigenvalue weighted by Crippen LogP contribution is 2.39. The van der Waals surface area contributed by atoms with Gasteiger partial charge in [0.1, 0.15) is 5.75 Å². The minimum absolute atomic E-state index is 0.0167. The summed E-state index contributed by atoms with van der Waals surface area (Å²) in [5, 5.41) is 8.56. The van der Waals surface area contributed by atoms with Crippen molar-refractivity contribution in [2.24, 2.45) is 0 Å².